The summed E-state index contributed by atoms with van der Waals surface area (Å²) in [5, 5.41) is 12.5. The van der Waals surface area contributed by atoms with Crippen LogP contribution in [0.15, 0.2) is 24.3 Å². The van der Waals surface area contributed by atoms with Crippen molar-refractivity contribution in [1.29, 1.82) is 0 Å². The SMILES string of the molecule is CCC(C)(C)c1nnc(NC(=O)c2cccc(I)c2)s1. The fourth-order valence-corrected chi connectivity index (χ4v) is 2.95. The third-order valence-electron chi connectivity index (χ3n) is 3.20. The highest BCUT2D eigenvalue weighted by Gasteiger charge is 2.23. The Bertz CT molecular complexity index is 624. The average molecular weight is 401 g/mol. The number of rotatable bonds is 4. The molecular formula is C14H16IN3OS. The van der Waals surface area contributed by atoms with E-state index < -0.39 is 0 Å². The first kappa shape index (κ1) is 15.4. The molecule has 0 aliphatic rings. The van der Waals surface area contributed by atoms with Gasteiger partial charge in [0.2, 0.25) is 5.13 Å². The predicted octanol–water partition coefficient (Wildman–Crippen LogP) is 4.08. The Balaban J connectivity index is 2.13. The lowest BCUT2D eigenvalue weighted by Crippen LogP contribution is -2.14. The fourth-order valence-electron chi connectivity index (χ4n) is 1.50. The van der Waals surface area contributed by atoms with Gasteiger partial charge in [0.25, 0.3) is 5.91 Å². The van der Waals surface area contributed by atoms with Gasteiger partial charge in [0.1, 0.15) is 5.01 Å². The van der Waals surface area contributed by atoms with Crippen molar-refractivity contribution in [1.82, 2.24) is 10.2 Å². The molecule has 1 N–H and O–H groups in total. The van der Waals surface area contributed by atoms with Crippen LogP contribution in [0, 0.1) is 3.57 Å². The van der Waals surface area contributed by atoms with Crippen LogP contribution >= 0.6 is 33.9 Å². The molecule has 106 valence electrons. The van der Waals surface area contributed by atoms with Crippen LogP contribution in [-0.2, 0) is 5.41 Å². The molecule has 0 unspecified atom stereocenters. The summed E-state index contributed by atoms with van der Waals surface area (Å²) in [5.74, 6) is -0.152. The summed E-state index contributed by atoms with van der Waals surface area (Å²) in [5.41, 5.74) is 0.617. The summed E-state index contributed by atoms with van der Waals surface area (Å²) in [6.07, 6.45) is 0.979. The van der Waals surface area contributed by atoms with Gasteiger partial charge in [0.15, 0.2) is 0 Å². The quantitative estimate of drug-likeness (QED) is 0.786. The lowest BCUT2D eigenvalue weighted by atomic mass is 9.91. The van der Waals surface area contributed by atoms with Crippen LogP contribution in [0.25, 0.3) is 0 Å². The van der Waals surface area contributed by atoms with Crippen LogP contribution < -0.4 is 5.32 Å². The molecule has 2 rings (SSSR count). The van der Waals surface area contributed by atoms with E-state index in [1.807, 2.05) is 18.2 Å². The maximum Gasteiger partial charge on any atom is 0.257 e. The molecule has 0 bridgehead atoms. The Hall–Kier alpha value is -1.02. The maximum atomic E-state index is 12.1. The zero-order valence-corrected chi connectivity index (χ0v) is 14.6. The van der Waals surface area contributed by atoms with Gasteiger partial charge < -0.3 is 0 Å². The third-order valence-corrected chi connectivity index (χ3v) is 5.07. The molecule has 0 radical (unpaired) electrons. The zero-order chi connectivity index (χ0) is 14.8. The number of halogens is 1. The number of carbonyl (C=O) groups is 1. The molecule has 2 aromatic rings. The zero-order valence-electron chi connectivity index (χ0n) is 11.6. The standard InChI is InChI=1S/C14H16IN3OS/c1-4-14(2,3)12-17-18-13(20-12)16-11(19)9-6-5-7-10(15)8-9/h5-8H,4H2,1-3H3,(H,16,18,19). The third kappa shape index (κ3) is 3.54. The van der Waals surface area contributed by atoms with Crippen LogP contribution in [0.3, 0.4) is 0 Å². The average Bonchev–Trinajstić information content (AvgIpc) is 2.88. The maximum absolute atomic E-state index is 12.1. The number of carbonyl (C=O) groups excluding carboxylic acids is 1. The summed E-state index contributed by atoms with van der Waals surface area (Å²) in [6, 6.07) is 7.44. The molecule has 0 aliphatic heterocycles. The van der Waals surface area contributed by atoms with E-state index >= 15 is 0 Å². The second-order valence-corrected chi connectivity index (χ2v) is 7.34. The Labute approximate surface area is 136 Å². The van der Waals surface area contributed by atoms with Gasteiger partial charge in [0.05, 0.1) is 0 Å². The molecule has 6 heteroatoms. The van der Waals surface area contributed by atoms with Crippen LogP contribution in [0.1, 0.15) is 42.6 Å². The normalized spacial score (nSPS) is 11.4. The fraction of sp³-hybridized carbons (Fsp3) is 0.357. The van der Waals surface area contributed by atoms with Gasteiger partial charge >= 0.3 is 0 Å². The second-order valence-electron chi connectivity index (χ2n) is 5.11. The molecule has 1 aromatic heterocycles. The lowest BCUT2D eigenvalue weighted by molar-refractivity contribution is 0.102. The molecule has 20 heavy (non-hydrogen) atoms. The number of nitrogens with one attached hydrogen (secondary N) is 1. The van der Waals surface area contributed by atoms with Crippen LogP contribution in [0.4, 0.5) is 5.13 Å². The molecule has 1 amide bonds. The predicted molar refractivity (Wildman–Crippen MR) is 90.3 cm³/mol. The first-order valence-corrected chi connectivity index (χ1v) is 8.23. The van der Waals surface area contributed by atoms with E-state index in [0.717, 1.165) is 15.0 Å². The number of nitrogens with zero attached hydrogens (tertiary/aromatic N) is 2. The molecule has 0 aliphatic carbocycles. The number of amides is 1. The van der Waals surface area contributed by atoms with Crippen molar-refractivity contribution in [2.45, 2.75) is 32.6 Å². The number of hydrogen-bond donors (Lipinski definition) is 1. The molecule has 0 fully saturated rings. The highest BCUT2D eigenvalue weighted by atomic mass is 127. The van der Waals surface area contributed by atoms with Gasteiger partial charge in [-0.15, -0.1) is 10.2 Å². The topological polar surface area (TPSA) is 54.9 Å². The summed E-state index contributed by atoms with van der Waals surface area (Å²) in [4.78, 5) is 12.1. The number of benzene rings is 1. The Kier molecular flexibility index (Phi) is 4.74. The van der Waals surface area contributed by atoms with E-state index in [2.05, 4.69) is 58.9 Å². The number of anilines is 1. The number of aromatic nitrogens is 2. The van der Waals surface area contributed by atoms with Crippen LogP contribution in [0.5, 0.6) is 0 Å². The van der Waals surface area contributed by atoms with Crippen molar-refractivity contribution in [3.63, 3.8) is 0 Å². The highest BCUT2D eigenvalue weighted by Crippen LogP contribution is 2.31. The molecule has 0 saturated carbocycles. The summed E-state index contributed by atoms with van der Waals surface area (Å²) in [7, 11) is 0. The molecule has 0 saturated heterocycles. The molecule has 0 atom stereocenters. The van der Waals surface area contributed by atoms with E-state index in [-0.39, 0.29) is 11.3 Å². The van der Waals surface area contributed by atoms with Gasteiger partial charge in [-0.25, -0.2) is 0 Å². The Morgan fingerprint density at radius 2 is 2.15 bits per heavy atom. The minimum atomic E-state index is -0.152. The van der Waals surface area contributed by atoms with E-state index in [4.69, 9.17) is 0 Å². The minimum absolute atomic E-state index is 0.0111. The summed E-state index contributed by atoms with van der Waals surface area (Å²) < 4.78 is 1.03. The van der Waals surface area contributed by atoms with Crippen molar-refractivity contribution < 1.29 is 4.79 Å². The molecular weight excluding hydrogens is 385 g/mol. The van der Waals surface area contributed by atoms with Gasteiger partial charge in [-0.05, 0) is 47.2 Å². The molecule has 1 heterocycles. The Morgan fingerprint density at radius 1 is 1.40 bits per heavy atom. The van der Waals surface area contributed by atoms with E-state index in [1.54, 1.807) is 6.07 Å². The Morgan fingerprint density at radius 3 is 2.80 bits per heavy atom. The van der Waals surface area contributed by atoms with Gasteiger partial charge in [0, 0.05) is 14.5 Å². The van der Waals surface area contributed by atoms with E-state index in [9.17, 15) is 4.79 Å². The van der Waals surface area contributed by atoms with Crippen molar-refractivity contribution in [2.24, 2.45) is 0 Å². The van der Waals surface area contributed by atoms with Crippen molar-refractivity contribution >= 4 is 45.0 Å². The first-order valence-electron chi connectivity index (χ1n) is 6.33. The smallest absolute Gasteiger partial charge is 0.257 e. The molecule has 4 nitrogen and oxygen atoms in total. The largest absolute Gasteiger partial charge is 0.296 e. The summed E-state index contributed by atoms with van der Waals surface area (Å²) in [6.45, 7) is 6.36. The van der Waals surface area contributed by atoms with Crippen LogP contribution in [-0.4, -0.2) is 16.1 Å². The molecule has 0 spiro atoms. The van der Waals surface area contributed by atoms with Crippen molar-refractivity contribution in [2.75, 3.05) is 5.32 Å². The monoisotopic (exact) mass is 401 g/mol. The van der Waals surface area contributed by atoms with Crippen LogP contribution in [0.2, 0.25) is 0 Å². The van der Waals surface area contributed by atoms with Gasteiger partial charge in [-0.1, -0.05) is 38.2 Å². The summed E-state index contributed by atoms with van der Waals surface area (Å²) >= 11 is 3.62. The second kappa shape index (κ2) is 6.17. The lowest BCUT2D eigenvalue weighted by Gasteiger charge is -2.17. The van der Waals surface area contributed by atoms with Crippen molar-refractivity contribution in [3.05, 3.63) is 38.4 Å². The van der Waals surface area contributed by atoms with Gasteiger partial charge in [-0.2, -0.15) is 0 Å². The number of hydrogen-bond acceptors (Lipinski definition) is 4. The highest BCUT2D eigenvalue weighted by molar-refractivity contribution is 14.1. The molecule has 1 aromatic carbocycles. The first-order chi connectivity index (χ1) is 9.42. The van der Waals surface area contributed by atoms with Crippen molar-refractivity contribution in [3.8, 4) is 0 Å². The minimum Gasteiger partial charge on any atom is -0.296 e. The van der Waals surface area contributed by atoms with Gasteiger partial charge in [-0.3, -0.25) is 10.1 Å². The van der Waals surface area contributed by atoms with E-state index in [0.29, 0.717) is 10.7 Å². The van der Waals surface area contributed by atoms with E-state index in [1.165, 1.54) is 11.3 Å².